The number of nitrogens with zero attached hydrogens (tertiary/aromatic N) is 3. The molecule has 2 fully saturated rings. The fourth-order valence-corrected chi connectivity index (χ4v) is 3.94. The molecule has 6 heteroatoms. The summed E-state index contributed by atoms with van der Waals surface area (Å²) in [5, 5.41) is 1.23. The highest BCUT2D eigenvalue weighted by molar-refractivity contribution is 6.00. The Morgan fingerprint density at radius 3 is 2.82 bits per heavy atom. The molecule has 1 saturated carbocycles. The van der Waals surface area contributed by atoms with Crippen LogP contribution in [0.15, 0.2) is 24.4 Å². The number of pyridine rings is 1. The van der Waals surface area contributed by atoms with Gasteiger partial charge in [-0.05, 0) is 30.9 Å². The molecule has 118 valence electrons. The molecule has 22 heavy (non-hydrogen) atoms. The molecule has 0 aromatic carbocycles. The molecule has 6 nitrogen and oxygen atoms in total. The van der Waals surface area contributed by atoms with E-state index in [1.165, 1.54) is 12.2 Å². The number of carbonyl (C=O) groups excluding carboxylic acids is 2. The van der Waals surface area contributed by atoms with Crippen LogP contribution in [0.2, 0.25) is 0 Å². The number of carbonyl (C=O) groups is 2. The molecule has 3 rings (SSSR count). The van der Waals surface area contributed by atoms with Crippen molar-refractivity contribution in [3.05, 3.63) is 30.1 Å². The van der Waals surface area contributed by atoms with Crippen molar-refractivity contribution in [3.63, 3.8) is 0 Å². The van der Waals surface area contributed by atoms with E-state index >= 15 is 0 Å². The summed E-state index contributed by atoms with van der Waals surface area (Å²) in [5.41, 5.74) is -0.388. The first kappa shape index (κ1) is 15.0. The summed E-state index contributed by atoms with van der Waals surface area (Å²) in [6.45, 7) is 2.13. The van der Waals surface area contributed by atoms with Crippen molar-refractivity contribution in [2.75, 3.05) is 14.2 Å². The predicted octanol–water partition coefficient (Wildman–Crippen LogP) is 1.48. The number of likely N-dealkylation sites (N-methyl/N-ethyl adjacent to an activating group) is 1. The summed E-state index contributed by atoms with van der Waals surface area (Å²) < 4.78 is 0. The zero-order valence-corrected chi connectivity index (χ0v) is 13.2. The van der Waals surface area contributed by atoms with Crippen molar-refractivity contribution in [2.45, 2.75) is 37.8 Å². The number of likely N-dealkylation sites (tertiary alicyclic amines) is 1. The second kappa shape index (κ2) is 5.35. The summed E-state index contributed by atoms with van der Waals surface area (Å²) >= 11 is 0. The van der Waals surface area contributed by atoms with Crippen molar-refractivity contribution < 1.29 is 14.4 Å². The number of piperidine rings is 1. The Kier molecular flexibility index (Phi) is 3.64. The third-order valence-electron chi connectivity index (χ3n) is 4.82. The van der Waals surface area contributed by atoms with Gasteiger partial charge in [0.1, 0.15) is 11.2 Å². The van der Waals surface area contributed by atoms with Gasteiger partial charge in [0.05, 0.1) is 7.11 Å². The van der Waals surface area contributed by atoms with Crippen molar-refractivity contribution in [1.29, 1.82) is 0 Å². The van der Waals surface area contributed by atoms with Gasteiger partial charge in [-0.1, -0.05) is 13.0 Å². The lowest BCUT2D eigenvalue weighted by atomic mass is 9.63. The van der Waals surface area contributed by atoms with Crippen molar-refractivity contribution in [1.82, 2.24) is 14.9 Å². The van der Waals surface area contributed by atoms with E-state index < -0.39 is 5.54 Å². The Balaban J connectivity index is 1.93. The molecule has 1 aromatic rings. The summed E-state index contributed by atoms with van der Waals surface area (Å²) in [4.78, 5) is 36.5. The summed E-state index contributed by atoms with van der Waals surface area (Å²) in [6.07, 6.45) is 3.92. The molecule has 2 amide bonds. The molecule has 3 atom stereocenters. The van der Waals surface area contributed by atoms with Gasteiger partial charge in [0.15, 0.2) is 0 Å². The number of fused-ring (bicyclic) bond motifs is 2. The van der Waals surface area contributed by atoms with Crippen LogP contribution in [0.4, 0.5) is 0 Å². The lowest BCUT2D eigenvalue weighted by Gasteiger charge is -2.62. The Labute approximate surface area is 130 Å². The van der Waals surface area contributed by atoms with Gasteiger partial charge >= 0.3 is 0 Å². The molecule has 0 radical (unpaired) electrons. The molecular formula is C16H21N3O3. The first-order valence-electron chi connectivity index (χ1n) is 7.56. The van der Waals surface area contributed by atoms with Crippen LogP contribution in [0, 0.1) is 5.92 Å². The Morgan fingerprint density at radius 2 is 2.18 bits per heavy atom. The highest BCUT2D eigenvalue weighted by Crippen LogP contribution is 2.51. The zero-order chi connectivity index (χ0) is 15.9. The average Bonchev–Trinajstić information content (AvgIpc) is 2.53. The summed E-state index contributed by atoms with van der Waals surface area (Å²) in [6, 6.07) is 5.37. The number of hydroxylamine groups is 2. The standard InChI is InChI=1S/C16H21N3O3/c1-11-8-12-10-16(9-11,15(21)18(2)22-3)19(12)14(20)13-6-4-5-7-17-13/h4-7,11-12H,8-10H2,1-3H3/t11-,12?,16+/m1/s1. The predicted molar refractivity (Wildman–Crippen MR) is 79.7 cm³/mol. The number of amides is 2. The fraction of sp³-hybridized carbons (Fsp3) is 0.562. The Bertz CT molecular complexity index is 592. The summed E-state index contributed by atoms with van der Waals surface area (Å²) in [7, 11) is 3.05. The fourth-order valence-electron chi connectivity index (χ4n) is 3.94. The molecule has 2 heterocycles. The lowest BCUT2D eigenvalue weighted by Crippen LogP contribution is -2.76. The Hall–Kier alpha value is -1.95. The topological polar surface area (TPSA) is 62.7 Å². The van der Waals surface area contributed by atoms with E-state index in [0.29, 0.717) is 24.5 Å². The van der Waals surface area contributed by atoms with E-state index in [4.69, 9.17) is 4.84 Å². The molecule has 2 bridgehead atoms. The minimum Gasteiger partial charge on any atom is -0.319 e. The number of hydrogen-bond acceptors (Lipinski definition) is 4. The summed E-state index contributed by atoms with van der Waals surface area (Å²) in [5.74, 6) is 0.101. The van der Waals surface area contributed by atoms with E-state index in [1.807, 2.05) is 0 Å². The van der Waals surface area contributed by atoms with Crippen LogP contribution in [0.25, 0.3) is 0 Å². The van der Waals surface area contributed by atoms with E-state index in [2.05, 4.69) is 11.9 Å². The van der Waals surface area contributed by atoms with Gasteiger partial charge in [0.2, 0.25) is 0 Å². The minimum absolute atomic E-state index is 0.118. The third kappa shape index (κ3) is 2.09. The highest BCUT2D eigenvalue weighted by Gasteiger charge is 2.63. The monoisotopic (exact) mass is 303 g/mol. The molecule has 2 aliphatic rings. The van der Waals surface area contributed by atoms with Gasteiger partial charge in [0.25, 0.3) is 11.8 Å². The van der Waals surface area contributed by atoms with Crippen molar-refractivity contribution in [2.24, 2.45) is 5.92 Å². The van der Waals surface area contributed by atoms with E-state index in [1.54, 1.807) is 36.3 Å². The molecule has 1 aromatic heterocycles. The van der Waals surface area contributed by atoms with Crippen molar-refractivity contribution in [3.8, 4) is 0 Å². The largest absolute Gasteiger partial charge is 0.319 e. The van der Waals surface area contributed by atoms with E-state index in [0.717, 1.165) is 6.42 Å². The normalized spacial score (nSPS) is 29.7. The van der Waals surface area contributed by atoms with Crippen LogP contribution in [0.1, 0.15) is 36.7 Å². The molecule has 1 saturated heterocycles. The smallest absolute Gasteiger partial charge is 0.273 e. The molecule has 0 N–H and O–H groups in total. The van der Waals surface area contributed by atoms with Crippen LogP contribution in [-0.4, -0.2) is 52.5 Å². The first-order valence-corrected chi connectivity index (χ1v) is 7.56. The SMILES string of the molecule is CON(C)C(=O)[C@@]12CC(C[C@@H](C)C1)N2C(=O)c1ccccn1. The minimum atomic E-state index is -0.776. The number of hydrogen-bond donors (Lipinski definition) is 0. The average molecular weight is 303 g/mol. The van der Waals surface area contributed by atoms with Gasteiger partial charge in [-0.25, -0.2) is 5.06 Å². The van der Waals surface area contributed by atoms with Crippen LogP contribution >= 0.6 is 0 Å². The third-order valence-corrected chi connectivity index (χ3v) is 4.82. The first-order chi connectivity index (χ1) is 10.5. The van der Waals surface area contributed by atoms with E-state index in [-0.39, 0.29) is 17.9 Å². The highest BCUT2D eigenvalue weighted by atomic mass is 16.7. The maximum absolute atomic E-state index is 12.8. The second-order valence-electron chi connectivity index (χ2n) is 6.31. The van der Waals surface area contributed by atoms with Gasteiger partial charge < -0.3 is 4.90 Å². The van der Waals surface area contributed by atoms with Crippen LogP contribution < -0.4 is 0 Å². The quantitative estimate of drug-likeness (QED) is 0.794. The van der Waals surface area contributed by atoms with E-state index in [9.17, 15) is 9.59 Å². The number of rotatable bonds is 3. The maximum Gasteiger partial charge on any atom is 0.273 e. The van der Waals surface area contributed by atoms with Crippen molar-refractivity contribution >= 4 is 11.8 Å². The van der Waals surface area contributed by atoms with Gasteiger partial charge in [0, 0.05) is 25.7 Å². The van der Waals surface area contributed by atoms with Crippen LogP contribution in [-0.2, 0) is 9.63 Å². The van der Waals surface area contributed by atoms with Gasteiger partial charge in [-0.3, -0.25) is 19.4 Å². The van der Waals surface area contributed by atoms with Gasteiger partial charge in [-0.15, -0.1) is 0 Å². The molecule has 0 spiro atoms. The zero-order valence-electron chi connectivity index (χ0n) is 13.2. The van der Waals surface area contributed by atoms with Gasteiger partial charge in [-0.2, -0.15) is 0 Å². The maximum atomic E-state index is 12.8. The number of aromatic nitrogens is 1. The molecule has 1 aliphatic heterocycles. The molecule has 1 unspecified atom stereocenters. The molecular weight excluding hydrogens is 282 g/mol. The van der Waals surface area contributed by atoms with Crippen LogP contribution in [0.5, 0.6) is 0 Å². The Morgan fingerprint density at radius 1 is 1.41 bits per heavy atom. The second-order valence-corrected chi connectivity index (χ2v) is 6.31. The lowest BCUT2D eigenvalue weighted by molar-refractivity contribution is -0.200. The molecule has 1 aliphatic carbocycles. The van der Waals surface area contributed by atoms with Crippen LogP contribution in [0.3, 0.4) is 0 Å².